The lowest BCUT2D eigenvalue weighted by atomic mass is 9.73. The van der Waals surface area contributed by atoms with Crippen LogP contribution in [0.1, 0.15) is 64.2 Å². The van der Waals surface area contributed by atoms with Crippen molar-refractivity contribution in [2.24, 2.45) is 17.8 Å². The minimum absolute atomic E-state index is 0.0114. The fourth-order valence-electron chi connectivity index (χ4n) is 9.30. The molecule has 3 aliphatic heterocycles. The molecular weight excluding hydrogens is 732 g/mol. The Morgan fingerprint density at radius 2 is 1.33 bits per heavy atom. The first kappa shape index (κ1) is 43.2. The molecule has 3 heterocycles. The highest BCUT2D eigenvalue weighted by molar-refractivity contribution is 5.81. The third-order valence-electron chi connectivity index (χ3n) is 12.6. The Bertz CT molecular complexity index is 1250. The number of carbonyl (C=O) groups is 1. The third-order valence-corrected chi connectivity index (χ3v) is 12.6. The zero-order valence-electron chi connectivity index (χ0n) is 31.0. The normalized spacial score (nSPS) is 49.7. The first-order valence-corrected chi connectivity index (χ1v) is 19.7. The average Bonchev–Trinajstić information content (AvgIpc) is 3.17. The van der Waals surface area contributed by atoms with E-state index in [0.717, 1.165) is 0 Å². The first-order valence-electron chi connectivity index (χ1n) is 19.7. The predicted molar refractivity (Wildman–Crippen MR) is 186 cm³/mol. The number of fused-ring (bicyclic) bond motifs is 1. The van der Waals surface area contributed by atoms with Crippen LogP contribution >= 0.6 is 0 Å². The first-order chi connectivity index (χ1) is 26.3. The van der Waals surface area contributed by atoms with Crippen LogP contribution in [0.25, 0.3) is 0 Å². The van der Waals surface area contributed by atoms with Crippen molar-refractivity contribution in [2.45, 2.75) is 174 Å². The Hall–Kier alpha value is -1.43. The van der Waals surface area contributed by atoms with Gasteiger partial charge in [-0.25, -0.2) is 4.79 Å². The van der Waals surface area contributed by atoms with Crippen molar-refractivity contribution in [3.8, 4) is 0 Å². The zero-order chi connectivity index (χ0) is 39.6. The number of hydrogen-bond acceptors (Lipinski definition) is 17. The number of hydrogen-bond donors (Lipinski definition) is 10. The van der Waals surface area contributed by atoms with Gasteiger partial charge in [0.1, 0.15) is 61.5 Å². The van der Waals surface area contributed by atoms with Gasteiger partial charge < -0.3 is 84.2 Å². The molecule has 316 valence electrons. The largest absolute Gasteiger partial charge is 0.460 e. The maximum absolute atomic E-state index is 12.7. The van der Waals surface area contributed by atoms with Gasteiger partial charge in [-0.3, -0.25) is 0 Å². The van der Waals surface area contributed by atoms with Crippen LogP contribution in [0.3, 0.4) is 0 Å². The summed E-state index contributed by atoms with van der Waals surface area (Å²) in [5, 5.41) is 105. The number of carbonyl (C=O) groups excluding carboxylic acids is 1. The summed E-state index contributed by atoms with van der Waals surface area (Å²) < 4.78 is 40.1. The molecule has 19 atom stereocenters. The molecule has 11 N–H and O–H groups in total. The van der Waals surface area contributed by atoms with Crippen LogP contribution < -0.4 is 0 Å². The molecule has 6 fully saturated rings. The van der Waals surface area contributed by atoms with Gasteiger partial charge in [0.05, 0.1) is 43.0 Å². The van der Waals surface area contributed by atoms with E-state index in [0.29, 0.717) is 51.4 Å². The van der Waals surface area contributed by atoms with Crippen LogP contribution in [0, 0.1) is 17.8 Å². The lowest BCUT2D eigenvalue weighted by Gasteiger charge is -2.50. The van der Waals surface area contributed by atoms with E-state index in [-0.39, 0.29) is 30.8 Å². The number of rotatable bonds is 11. The summed E-state index contributed by atoms with van der Waals surface area (Å²) in [7, 11) is 1.52. The minimum atomic E-state index is -1.72. The second kappa shape index (κ2) is 19.1. The van der Waals surface area contributed by atoms with Crippen LogP contribution in [-0.2, 0) is 33.2 Å². The molecule has 6 rings (SSSR count). The summed E-state index contributed by atoms with van der Waals surface area (Å²) in [6.45, 7) is -1.11. The second-order valence-electron chi connectivity index (χ2n) is 16.3. The van der Waals surface area contributed by atoms with Gasteiger partial charge in [-0.05, 0) is 57.3 Å². The standard InChI is InChI=1S/C37H60O18/c1-49-24-10-16(2-8-21(24)41)3-9-28(42)50-15-27-30(44)32(46)34(48)37(55-27)53-25-13-20-22(51-35(25)17-4-6-18(39)7-5-17)11-19(40)12-23(20)52-36-33(47)31(45)29(43)26(14-38)54-36/h3,9,16-27,29-41,43-48H,2,4-8,10-15H2,1H3/p+1/t16?,17?,18?,19?,20?,21?,22?,23?,24?,25?,26-,27-,29-,30-,31+,32+,33-,34-,35?,36-,37-/m1/s1. The van der Waals surface area contributed by atoms with Gasteiger partial charge in [-0.15, -0.1) is 0 Å². The van der Waals surface area contributed by atoms with E-state index < -0.39 is 129 Å². The summed E-state index contributed by atoms with van der Waals surface area (Å²) in [5.74, 6) is -1.19. The summed E-state index contributed by atoms with van der Waals surface area (Å²) in [6, 6.07) is 0. The quantitative estimate of drug-likeness (QED) is 0.0555. The Kier molecular flexibility index (Phi) is 15.0. The highest BCUT2D eigenvalue weighted by Crippen LogP contribution is 2.44. The molecule has 0 aromatic heterocycles. The van der Waals surface area contributed by atoms with Crippen molar-refractivity contribution < 1.29 is 89.0 Å². The lowest BCUT2D eigenvalue weighted by Crippen LogP contribution is -2.64. The molecule has 3 saturated carbocycles. The SMILES string of the molecule is COC1CC(C=CC(=O)OC[C@H]2O[C@@H](OC3CC4C(O[C@@H]5O[C@H](CO)[C@@H](O)[C@H](O)[C@H]5O)CC(O)CC4[OH+]C3C3CCC(O)CC3)[C@H](O)[C@@H](O)[C@@H]2O)CCC1O. The van der Waals surface area contributed by atoms with E-state index in [2.05, 4.69) is 0 Å². The van der Waals surface area contributed by atoms with Crippen LogP contribution in [0.15, 0.2) is 12.2 Å². The van der Waals surface area contributed by atoms with Gasteiger partial charge in [-0.2, -0.15) is 0 Å². The Balaban J connectivity index is 1.14. The van der Waals surface area contributed by atoms with Crippen molar-refractivity contribution in [2.75, 3.05) is 20.3 Å². The van der Waals surface area contributed by atoms with Crippen LogP contribution in [0.4, 0.5) is 0 Å². The molecule has 0 amide bonds. The molecule has 0 radical (unpaired) electrons. The fourth-order valence-corrected chi connectivity index (χ4v) is 9.30. The van der Waals surface area contributed by atoms with Gasteiger partial charge in [0.2, 0.25) is 0 Å². The van der Waals surface area contributed by atoms with Crippen molar-refractivity contribution in [3.05, 3.63) is 12.2 Å². The molecule has 55 heavy (non-hydrogen) atoms. The molecule has 0 bridgehead atoms. The van der Waals surface area contributed by atoms with Crippen molar-refractivity contribution in [1.29, 1.82) is 0 Å². The summed E-state index contributed by atoms with van der Waals surface area (Å²) in [4.78, 5) is 12.7. The zero-order valence-corrected chi connectivity index (χ0v) is 31.0. The number of aliphatic hydroxyl groups is 12. The maximum Gasteiger partial charge on any atom is 0.330 e. The van der Waals surface area contributed by atoms with Crippen molar-refractivity contribution >= 4 is 5.97 Å². The third kappa shape index (κ3) is 10.1. The Morgan fingerprint density at radius 1 is 0.691 bits per heavy atom. The minimum Gasteiger partial charge on any atom is -0.460 e. The molecule has 9 unspecified atom stereocenters. The number of methoxy groups -OCH3 is 1. The molecule has 3 aliphatic carbocycles. The van der Waals surface area contributed by atoms with E-state index in [1.165, 1.54) is 13.2 Å². The van der Waals surface area contributed by atoms with Gasteiger partial charge in [0, 0.05) is 31.9 Å². The number of allylic oxidation sites excluding steroid dienone is 1. The highest BCUT2D eigenvalue weighted by Gasteiger charge is 2.56. The van der Waals surface area contributed by atoms with Gasteiger partial charge >= 0.3 is 5.97 Å². The second-order valence-corrected chi connectivity index (χ2v) is 16.3. The molecule has 0 aromatic rings. The number of esters is 1. The summed E-state index contributed by atoms with van der Waals surface area (Å²) in [5.41, 5.74) is 0. The van der Waals surface area contributed by atoms with Crippen LogP contribution in [0.5, 0.6) is 0 Å². The number of ether oxygens (including phenoxy) is 7. The van der Waals surface area contributed by atoms with Gasteiger partial charge in [0.25, 0.3) is 0 Å². The molecule has 3 saturated heterocycles. The Morgan fingerprint density at radius 3 is 1.98 bits per heavy atom. The topological polar surface area (TPSA) is 288 Å². The molecule has 0 aromatic carbocycles. The molecule has 6 aliphatic rings. The van der Waals surface area contributed by atoms with Crippen molar-refractivity contribution in [1.82, 2.24) is 0 Å². The lowest BCUT2D eigenvalue weighted by molar-refractivity contribution is -0.366. The highest BCUT2D eigenvalue weighted by atomic mass is 16.7. The smallest absolute Gasteiger partial charge is 0.330 e. The van der Waals surface area contributed by atoms with Gasteiger partial charge in [0.15, 0.2) is 24.8 Å². The summed E-state index contributed by atoms with van der Waals surface area (Å²) in [6.07, 6.45) is -12.3. The van der Waals surface area contributed by atoms with E-state index in [4.69, 9.17) is 33.2 Å². The van der Waals surface area contributed by atoms with Crippen LogP contribution in [0.2, 0.25) is 0 Å². The molecular formula is C37H61O18+. The number of aliphatic hydroxyl groups excluding tert-OH is 10. The molecule has 0 spiro atoms. The predicted octanol–water partition coefficient (Wildman–Crippen LogP) is -3.37. The summed E-state index contributed by atoms with van der Waals surface area (Å²) >= 11 is 0. The van der Waals surface area contributed by atoms with Crippen molar-refractivity contribution in [3.63, 3.8) is 0 Å². The fraction of sp³-hybridized carbons (Fsp3) is 0.919. The Labute approximate surface area is 319 Å². The average molecular weight is 794 g/mol. The maximum atomic E-state index is 12.7. The van der Waals surface area contributed by atoms with E-state index in [1.807, 2.05) is 0 Å². The van der Waals surface area contributed by atoms with Gasteiger partial charge in [-0.1, -0.05) is 6.08 Å². The van der Waals surface area contributed by atoms with Crippen LogP contribution in [-0.4, -0.2) is 192 Å². The van der Waals surface area contributed by atoms with E-state index >= 15 is 0 Å². The van der Waals surface area contributed by atoms with E-state index in [1.54, 1.807) is 6.08 Å². The monoisotopic (exact) mass is 793 g/mol. The van der Waals surface area contributed by atoms with E-state index in [9.17, 15) is 55.9 Å². The molecule has 18 heteroatoms. The molecule has 18 nitrogen and oxygen atoms in total.